The summed E-state index contributed by atoms with van der Waals surface area (Å²) < 4.78 is 1.87. The van der Waals surface area contributed by atoms with E-state index in [0.29, 0.717) is 0 Å². The molecule has 1 aromatic rings. The molecule has 1 atom stereocenters. The Morgan fingerprint density at radius 3 is 2.59 bits per heavy atom. The molecule has 0 bridgehead atoms. The lowest BCUT2D eigenvalue weighted by molar-refractivity contribution is 0.158. The van der Waals surface area contributed by atoms with Gasteiger partial charge < -0.3 is 5.11 Å². The zero-order chi connectivity index (χ0) is 12.7. The van der Waals surface area contributed by atoms with Crippen molar-refractivity contribution in [3.8, 4) is 0 Å². The smallest absolute Gasteiger partial charge is 0.0596 e. The Bertz CT molecular complexity index is 320. The second-order valence-electron chi connectivity index (χ2n) is 4.96. The minimum Gasteiger partial charge on any atom is -0.393 e. The van der Waals surface area contributed by atoms with Gasteiger partial charge in [0.2, 0.25) is 0 Å². The van der Waals surface area contributed by atoms with Gasteiger partial charge in [-0.05, 0) is 19.4 Å². The molecule has 0 saturated carbocycles. The Balaban J connectivity index is 2.20. The summed E-state index contributed by atoms with van der Waals surface area (Å²) in [6, 6.07) is 2.06. The first-order valence-corrected chi connectivity index (χ1v) is 6.81. The molecule has 0 aliphatic carbocycles. The van der Waals surface area contributed by atoms with Gasteiger partial charge in [0.1, 0.15) is 0 Å². The van der Waals surface area contributed by atoms with Gasteiger partial charge in [-0.25, -0.2) is 0 Å². The summed E-state index contributed by atoms with van der Waals surface area (Å²) in [6.07, 6.45) is 7.69. The van der Waals surface area contributed by atoms with E-state index in [1.54, 1.807) is 0 Å². The maximum atomic E-state index is 9.95. The molecule has 0 saturated heterocycles. The van der Waals surface area contributed by atoms with Crippen LogP contribution in [0.4, 0.5) is 0 Å². The van der Waals surface area contributed by atoms with Crippen LogP contribution in [-0.2, 0) is 13.5 Å². The van der Waals surface area contributed by atoms with Gasteiger partial charge in [0, 0.05) is 19.2 Å². The van der Waals surface area contributed by atoms with Gasteiger partial charge in [-0.2, -0.15) is 5.10 Å². The summed E-state index contributed by atoms with van der Waals surface area (Å²) in [5, 5.41) is 14.2. The number of hydrogen-bond donors (Lipinski definition) is 1. The van der Waals surface area contributed by atoms with Crippen LogP contribution in [0.2, 0.25) is 0 Å². The van der Waals surface area contributed by atoms with Crippen molar-refractivity contribution in [2.75, 3.05) is 0 Å². The number of nitrogens with zero attached hydrogens (tertiary/aromatic N) is 2. The van der Waals surface area contributed by atoms with E-state index >= 15 is 0 Å². The van der Waals surface area contributed by atoms with E-state index < -0.39 is 0 Å². The number of aromatic nitrogens is 2. The van der Waals surface area contributed by atoms with E-state index in [2.05, 4.69) is 18.1 Å². The summed E-state index contributed by atoms with van der Waals surface area (Å²) in [6.45, 7) is 4.21. The Hall–Kier alpha value is -0.830. The van der Waals surface area contributed by atoms with Gasteiger partial charge in [-0.3, -0.25) is 4.68 Å². The summed E-state index contributed by atoms with van der Waals surface area (Å²) in [7, 11) is 1.94. The third-order valence-corrected chi connectivity index (χ3v) is 3.18. The molecule has 1 unspecified atom stereocenters. The summed E-state index contributed by atoms with van der Waals surface area (Å²) >= 11 is 0. The zero-order valence-corrected chi connectivity index (χ0v) is 11.4. The zero-order valence-electron chi connectivity index (χ0n) is 11.4. The predicted molar refractivity (Wildman–Crippen MR) is 71.0 cm³/mol. The topological polar surface area (TPSA) is 38.1 Å². The molecule has 0 radical (unpaired) electrons. The lowest BCUT2D eigenvalue weighted by atomic mass is 10.0. The predicted octanol–water partition coefficient (Wildman–Crippen LogP) is 2.99. The Morgan fingerprint density at radius 1 is 1.29 bits per heavy atom. The number of aliphatic hydroxyl groups excluding tert-OH is 1. The van der Waals surface area contributed by atoms with Crippen LogP contribution in [0, 0.1) is 6.92 Å². The van der Waals surface area contributed by atoms with Crippen molar-refractivity contribution in [2.45, 2.75) is 64.9 Å². The molecular formula is C14H26N2O. The van der Waals surface area contributed by atoms with Crippen molar-refractivity contribution in [3.05, 3.63) is 17.5 Å². The first-order valence-electron chi connectivity index (χ1n) is 6.81. The fourth-order valence-corrected chi connectivity index (χ4v) is 2.18. The van der Waals surface area contributed by atoms with Crippen molar-refractivity contribution < 1.29 is 5.11 Å². The third kappa shape index (κ3) is 5.35. The van der Waals surface area contributed by atoms with Crippen molar-refractivity contribution >= 4 is 0 Å². The number of unbranched alkanes of at least 4 members (excludes halogenated alkanes) is 4. The molecule has 0 fully saturated rings. The molecule has 1 rings (SSSR count). The number of aliphatic hydroxyl groups is 1. The molecule has 1 aromatic heterocycles. The summed E-state index contributed by atoms with van der Waals surface area (Å²) in [5.41, 5.74) is 2.15. The van der Waals surface area contributed by atoms with Gasteiger partial charge in [0.05, 0.1) is 11.8 Å². The number of hydrogen-bond acceptors (Lipinski definition) is 2. The monoisotopic (exact) mass is 238 g/mol. The minimum absolute atomic E-state index is 0.216. The SMILES string of the molecule is CCCCCCCC(O)Cc1cc(C)nn1C. The normalized spacial score (nSPS) is 12.9. The molecule has 1 N–H and O–H groups in total. The molecule has 17 heavy (non-hydrogen) atoms. The van der Waals surface area contributed by atoms with E-state index in [4.69, 9.17) is 0 Å². The quantitative estimate of drug-likeness (QED) is 0.707. The molecule has 0 aliphatic heterocycles. The average Bonchev–Trinajstić information content (AvgIpc) is 2.57. The van der Waals surface area contributed by atoms with Crippen LogP contribution < -0.4 is 0 Å². The van der Waals surface area contributed by atoms with Crippen molar-refractivity contribution in [1.29, 1.82) is 0 Å². The standard InChI is InChI=1S/C14H26N2O/c1-4-5-6-7-8-9-14(17)11-13-10-12(2)15-16(13)3/h10,14,17H,4-9,11H2,1-3H3. The fraction of sp³-hybridized carbons (Fsp3) is 0.786. The average molecular weight is 238 g/mol. The van der Waals surface area contributed by atoms with Gasteiger partial charge in [-0.1, -0.05) is 39.0 Å². The van der Waals surface area contributed by atoms with Crippen LogP contribution in [0.1, 0.15) is 56.8 Å². The maximum Gasteiger partial charge on any atom is 0.0596 e. The Morgan fingerprint density at radius 2 is 2.00 bits per heavy atom. The largest absolute Gasteiger partial charge is 0.393 e. The van der Waals surface area contributed by atoms with E-state index in [-0.39, 0.29) is 6.10 Å². The molecule has 98 valence electrons. The highest BCUT2D eigenvalue weighted by atomic mass is 16.3. The Labute approximate surface area is 105 Å². The molecule has 3 nitrogen and oxygen atoms in total. The lowest BCUT2D eigenvalue weighted by Gasteiger charge is -2.10. The van der Waals surface area contributed by atoms with Crippen LogP contribution in [0.25, 0.3) is 0 Å². The first kappa shape index (κ1) is 14.2. The van der Waals surface area contributed by atoms with Crippen LogP contribution in [-0.4, -0.2) is 21.0 Å². The molecular weight excluding hydrogens is 212 g/mol. The Kier molecular flexibility index (Phi) is 6.27. The fourth-order valence-electron chi connectivity index (χ4n) is 2.18. The van der Waals surface area contributed by atoms with Crippen LogP contribution >= 0.6 is 0 Å². The highest BCUT2D eigenvalue weighted by molar-refractivity contribution is 5.09. The third-order valence-electron chi connectivity index (χ3n) is 3.18. The first-order chi connectivity index (χ1) is 8.13. The number of rotatable bonds is 8. The van der Waals surface area contributed by atoms with E-state index in [1.165, 1.54) is 25.7 Å². The second-order valence-corrected chi connectivity index (χ2v) is 4.96. The molecule has 3 heteroatoms. The van der Waals surface area contributed by atoms with E-state index in [1.807, 2.05) is 18.7 Å². The van der Waals surface area contributed by atoms with Crippen molar-refractivity contribution in [1.82, 2.24) is 9.78 Å². The minimum atomic E-state index is -0.216. The molecule has 0 amide bonds. The highest BCUT2D eigenvalue weighted by Gasteiger charge is 2.09. The van der Waals surface area contributed by atoms with Crippen molar-refractivity contribution in [3.63, 3.8) is 0 Å². The molecule has 0 aliphatic rings. The highest BCUT2D eigenvalue weighted by Crippen LogP contribution is 2.11. The van der Waals surface area contributed by atoms with Crippen LogP contribution in [0.3, 0.4) is 0 Å². The summed E-state index contributed by atoms with van der Waals surface area (Å²) in [5.74, 6) is 0. The maximum absolute atomic E-state index is 9.95. The van der Waals surface area contributed by atoms with E-state index in [9.17, 15) is 5.11 Å². The van der Waals surface area contributed by atoms with Gasteiger partial charge in [-0.15, -0.1) is 0 Å². The van der Waals surface area contributed by atoms with Gasteiger partial charge in [0.15, 0.2) is 0 Å². The number of aryl methyl sites for hydroxylation is 2. The lowest BCUT2D eigenvalue weighted by Crippen LogP contribution is -2.13. The second kappa shape index (κ2) is 7.49. The molecule has 0 spiro atoms. The van der Waals surface area contributed by atoms with E-state index in [0.717, 1.165) is 30.7 Å². The van der Waals surface area contributed by atoms with Crippen molar-refractivity contribution in [2.24, 2.45) is 7.05 Å². The molecule has 1 heterocycles. The van der Waals surface area contributed by atoms with Gasteiger partial charge >= 0.3 is 0 Å². The van der Waals surface area contributed by atoms with Crippen LogP contribution in [0.15, 0.2) is 6.07 Å². The molecule has 0 aromatic carbocycles. The van der Waals surface area contributed by atoms with Gasteiger partial charge in [0.25, 0.3) is 0 Å². The van der Waals surface area contributed by atoms with Crippen LogP contribution in [0.5, 0.6) is 0 Å². The summed E-state index contributed by atoms with van der Waals surface area (Å²) in [4.78, 5) is 0.